The van der Waals surface area contributed by atoms with Crippen LogP contribution in [0.3, 0.4) is 0 Å². The van der Waals surface area contributed by atoms with Gasteiger partial charge < -0.3 is 38.5 Å². The van der Waals surface area contributed by atoms with Crippen LogP contribution >= 0.6 is 22.6 Å². The summed E-state index contributed by atoms with van der Waals surface area (Å²) in [6, 6.07) is 30.2. The molecule has 0 aromatic heterocycles. The number of halogens is 1. The molecule has 0 saturated carbocycles. The molecule has 0 unspecified atom stereocenters. The Morgan fingerprint density at radius 2 is 0.982 bits per heavy atom. The lowest BCUT2D eigenvalue weighted by Gasteiger charge is -2.26. The minimum atomic E-state index is -1.18. The predicted octanol–water partition coefficient (Wildman–Crippen LogP) is 3.12. The summed E-state index contributed by atoms with van der Waals surface area (Å²) in [5, 5.41) is 15.2. The third-order valence-corrected chi connectivity index (χ3v) is 10.1. The number of aliphatic imine (C=N–C) groups is 1. The average molecular weight is 883 g/mol. The van der Waals surface area contributed by atoms with Gasteiger partial charge in [-0.15, -0.1) is 0 Å². The second-order valence-electron chi connectivity index (χ2n) is 13.9. The van der Waals surface area contributed by atoms with Crippen LogP contribution in [0.15, 0.2) is 114 Å². The topological polar surface area (TPSA) is 224 Å². The van der Waals surface area contributed by atoms with Crippen molar-refractivity contribution in [2.75, 3.05) is 6.54 Å². The highest BCUT2D eigenvalue weighted by molar-refractivity contribution is 14.1. The average Bonchev–Trinajstić information content (AvgIpc) is 3.18. The summed E-state index contributed by atoms with van der Waals surface area (Å²) in [5.74, 6) is -3.13. The number of hydrogen-bond acceptors (Lipinski definition) is 6. The van der Waals surface area contributed by atoms with E-state index in [2.05, 4.69) is 48.9 Å². The van der Waals surface area contributed by atoms with Gasteiger partial charge >= 0.3 is 0 Å². The normalized spacial score (nSPS) is 13.1. The van der Waals surface area contributed by atoms with Crippen LogP contribution in [0, 0.1) is 3.57 Å². The molecule has 296 valence electrons. The Balaban J connectivity index is 1.43. The van der Waals surface area contributed by atoms with Crippen LogP contribution in [0.5, 0.6) is 0 Å². The van der Waals surface area contributed by atoms with E-state index in [0.29, 0.717) is 6.42 Å². The number of nitrogens with one attached hydrogen (secondary N) is 4. The zero-order valence-corrected chi connectivity index (χ0v) is 33.7. The van der Waals surface area contributed by atoms with E-state index in [9.17, 15) is 24.0 Å². The molecule has 0 saturated heterocycles. The summed E-state index contributed by atoms with van der Waals surface area (Å²) in [7, 11) is 0. The number of hydrogen-bond donors (Lipinski definition) is 7. The lowest BCUT2D eigenvalue weighted by molar-refractivity contribution is -0.134. The number of rotatable bonds is 18. The van der Waals surface area contributed by atoms with Gasteiger partial charge in [0.1, 0.15) is 24.2 Å². The Morgan fingerprint density at radius 3 is 1.44 bits per heavy atom. The summed E-state index contributed by atoms with van der Waals surface area (Å²) in [5.41, 5.74) is 18.8. The van der Waals surface area contributed by atoms with Crippen molar-refractivity contribution in [1.82, 2.24) is 21.3 Å². The van der Waals surface area contributed by atoms with Crippen LogP contribution in [0.1, 0.15) is 36.5 Å². The Bertz CT molecular complexity index is 2260. The third kappa shape index (κ3) is 12.7. The Hall–Kier alpha value is -6.03. The minimum Gasteiger partial charge on any atom is -0.370 e. The van der Waals surface area contributed by atoms with Gasteiger partial charge in [-0.25, -0.2) is 0 Å². The molecule has 0 radical (unpaired) electrons. The molecular formula is C43H47IN8O5. The number of fused-ring (bicyclic) bond motifs is 2. The molecule has 0 heterocycles. The maximum Gasteiger partial charge on any atom is 0.243 e. The number of primary amides is 1. The standard InChI is InChI=1S/C43H47IN8O5/c1-26(53)49-36(24-28-12-16-30-7-2-4-9-32(30)21-28)40(55)52-38(25-29-13-17-31-8-3-5-10-33(31)22-29)42(57)51-37(23-27-14-18-34(44)19-15-27)41(56)50-35(39(45)54)11-6-20-48-43(46)47/h2-5,7-10,12-19,21-22,35-38H,6,11,20,23-25H2,1H3,(H2,45,54)(H,49,53)(H,50,56)(H,51,57)(H,52,55)(H4,46,47,48)/t35-,36+,37+,38+/m0/s1. The first-order valence-electron chi connectivity index (χ1n) is 18.6. The van der Waals surface area contributed by atoms with Gasteiger partial charge in [0.25, 0.3) is 0 Å². The molecule has 0 aliphatic rings. The molecule has 5 aromatic carbocycles. The van der Waals surface area contributed by atoms with Crippen molar-refractivity contribution in [3.8, 4) is 0 Å². The first-order chi connectivity index (χ1) is 27.3. The molecule has 0 spiro atoms. The van der Waals surface area contributed by atoms with Crippen molar-refractivity contribution in [3.63, 3.8) is 0 Å². The summed E-state index contributed by atoms with van der Waals surface area (Å²) in [6.45, 7) is 1.55. The molecule has 13 nitrogen and oxygen atoms in total. The fourth-order valence-electron chi connectivity index (χ4n) is 6.54. The zero-order chi connectivity index (χ0) is 40.9. The van der Waals surface area contributed by atoms with Crippen molar-refractivity contribution in [2.24, 2.45) is 22.2 Å². The smallest absolute Gasteiger partial charge is 0.243 e. The van der Waals surface area contributed by atoms with E-state index in [1.807, 2.05) is 109 Å². The van der Waals surface area contributed by atoms with Gasteiger partial charge in [0.15, 0.2) is 5.96 Å². The number of benzene rings is 5. The second kappa shape index (κ2) is 20.2. The highest BCUT2D eigenvalue weighted by Crippen LogP contribution is 2.19. The van der Waals surface area contributed by atoms with Crippen molar-refractivity contribution >= 4 is 79.6 Å². The molecule has 5 rings (SSSR count). The van der Waals surface area contributed by atoms with E-state index in [-0.39, 0.29) is 38.2 Å². The van der Waals surface area contributed by atoms with Gasteiger partial charge in [-0.05, 0) is 85.8 Å². The van der Waals surface area contributed by atoms with E-state index < -0.39 is 53.7 Å². The Labute approximate surface area is 344 Å². The molecule has 10 N–H and O–H groups in total. The molecule has 57 heavy (non-hydrogen) atoms. The number of carbonyl (C=O) groups excluding carboxylic acids is 5. The zero-order valence-electron chi connectivity index (χ0n) is 31.5. The van der Waals surface area contributed by atoms with Gasteiger partial charge in [0.2, 0.25) is 29.5 Å². The molecule has 5 amide bonds. The number of nitrogens with zero attached hydrogens (tertiary/aromatic N) is 1. The SMILES string of the molecule is CC(=O)N[C@H](Cc1ccc2ccccc2c1)C(=O)N[C@H](Cc1ccc2ccccc2c1)C(=O)N[C@H](Cc1ccc(I)cc1)C(=O)N[C@@H](CCCN=C(N)N)C(N)=O. The van der Waals surface area contributed by atoms with E-state index in [1.54, 1.807) is 0 Å². The second-order valence-corrected chi connectivity index (χ2v) is 15.1. The van der Waals surface area contributed by atoms with Crippen LogP contribution in [-0.4, -0.2) is 66.2 Å². The van der Waals surface area contributed by atoms with Crippen molar-refractivity contribution in [1.29, 1.82) is 0 Å². The van der Waals surface area contributed by atoms with Crippen molar-refractivity contribution < 1.29 is 24.0 Å². The van der Waals surface area contributed by atoms with E-state index >= 15 is 0 Å². The number of guanidine groups is 1. The summed E-state index contributed by atoms with van der Waals surface area (Å²) >= 11 is 2.17. The monoisotopic (exact) mass is 882 g/mol. The number of carbonyl (C=O) groups is 5. The first kappa shape index (κ1) is 42.1. The first-order valence-corrected chi connectivity index (χ1v) is 19.6. The molecule has 14 heteroatoms. The fourth-order valence-corrected chi connectivity index (χ4v) is 6.90. The van der Waals surface area contributed by atoms with Crippen LogP contribution < -0.4 is 38.5 Å². The molecule has 0 bridgehead atoms. The summed E-state index contributed by atoms with van der Waals surface area (Å²) < 4.78 is 0.978. The Kier molecular flexibility index (Phi) is 14.9. The quantitative estimate of drug-likeness (QED) is 0.0301. The maximum absolute atomic E-state index is 14.4. The van der Waals surface area contributed by atoms with E-state index in [1.165, 1.54) is 6.92 Å². The fraction of sp³-hybridized carbons (Fsp3) is 0.256. The van der Waals surface area contributed by atoms with Crippen molar-refractivity contribution in [3.05, 3.63) is 129 Å². The van der Waals surface area contributed by atoms with Gasteiger partial charge in [0, 0.05) is 36.3 Å². The molecule has 0 aliphatic carbocycles. The van der Waals surface area contributed by atoms with Crippen molar-refractivity contribution in [2.45, 2.75) is 63.2 Å². The molecule has 0 fully saturated rings. The van der Waals surface area contributed by atoms with Gasteiger partial charge in [0.05, 0.1) is 0 Å². The third-order valence-electron chi connectivity index (χ3n) is 9.43. The lowest BCUT2D eigenvalue weighted by atomic mass is 9.98. The summed E-state index contributed by atoms with van der Waals surface area (Å²) in [6.07, 6.45) is 0.813. The van der Waals surface area contributed by atoms with Crippen LogP contribution in [0.4, 0.5) is 0 Å². The molecule has 4 atom stereocenters. The Morgan fingerprint density at radius 1 is 0.561 bits per heavy atom. The summed E-state index contributed by atoms with van der Waals surface area (Å²) in [4.78, 5) is 71.2. The van der Waals surface area contributed by atoms with Gasteiger partial charge in [-0.3, -0.25) is 29.0 Å². The predicted molar refractivity (Wildman–Crippen MR) is 231 cm³/mol. The van der Waals surface area contributed by atoms with Crippen LogP contribution in [-0.2, 0) is 43.2 Å². The highest BCUT2D eigenvalue weighted by Gasteiger charge is 2.31. The van der Waals surface area contributed by atoms with Gasteiger partial charge in [-0.1, -0.05) is 97.1 Å². The van der Waals surface area contributed by atoms with E-state index in [4.69, 9.17) is 17.2 Å². The van der Waals surface area contributed by atoms with Crippen LogP contribution in [0.25, 0.3) is 21.5 Å². The van der Waals surface area contributed by atoms with Gasteiger partial charge in [-0.2, -0.15) is 0 Å². The largest absolute Gasteiger partial charge is 0.370 e. The molecule has 0 aliphatic heterocycles. The van der Waals surface area contributed by atoms with E-state index in [0.717, 1.165) is 41.8 Å². The molecular weight excluding hydrogens is 835 g/mol. The maximum atomic E-state index is 14.4. The van der Waals surface area contributed by atoms with Crippen LogP contribution in [0.2, 0.25) is 0 Å². The lowest BCUT2D eigenvalue weighted by Crippen LogP contribution is -2.59. The number of amides is 5. The number of nitrogens with two attached hydrogens (primary N) is 3. The minimum absolute atomic E-state index is 0.0672. The molecule has 5 aromatic rings. The highest BCUT2D eigenvalue weighted by atomic mass is 127.